The summed E-state index contributed by atoms with van der Waals surface area (Å²) < 4.78 is 0.580. The molecule has 1 aromatic carbocycles. The molecular weight excluding hydrogens is 313 g/mol. The van der Waals surface area contributed by atoms with Gasteiger partial charge in [-0.25, -0.2) is 0 Å². The van der Waals surface area contributed by atoms with Gasteiger partial charge in [-0.15, -0.1) is 11.3 Å². The molecule has 0 aliphatic carbocycles. The highest BCUT2D eigenvalue weighted by Gasteiger charge is 2.10. The number of thiophene rings is 1. The van der Waals surface area contributed by atoms with Crippen molar-refractivity contribution in [1.29, 1.82) is 0 Å². The lowest BCUT2D eigenvalue weighted by atomic mass is 10.2. The molecule has 0 unspecified atom stereocenters. The monoisotopic (exact) mass is 319 g/mol. The average molecular weight is 321 g/mol. The van der Waals surface area contributed by atoms with E-state index in [2.05, 4.69) is 5.32 Å². The standard InChI is InChI=1S/C12H8Cl3NOS/c13-9-2-1-3-10(14)8(9)5-16-12(17)7-4-11(15)18-6-7/h1-4,6H,5H2,(H,16,17). The van der Waals surface area contributed by atoms with Crippen molar-refractivity contribution in [3.05, 3.63) is 55.2 Å². The zero-order valence-corrected chi connectivity index (χ0v) is 12.1. The number of hydrogen-bond acceptors (Lipinski definition) is 2. The van der Waals surface area contributed by atoms with Crippen molar-refractivity contribution in [3.63, 3.8) is 0 Å². The van der Waals surface area contributed by atoms with Crippen LogP contribution in [-0.2, 0) is 6.54 Å². The quantitative estimate of drug-likeness (QED) is 0.877. The van der Waals surface area contributed by atoms with Gasteiger partial charge in [0.1, 0.15) is 0 Å². The maximum Gasteiger partial charge on any atom is 0.252 e. The molecule has 1 amide bonds. The second-order valence-electron chi connectivity index (χ2n) is 3.52. The van der Waals surface area contributed by atoms with Gasteiger partial charge in [0.2, 0.25) is 0 Å². The Balaban J connectivity index is 2.06. The summed E-state index contributed by atoms with van der Waals surface area (Å²) in [5.74, 6) is -0.200. The Labute approximate surface area is 123 Å². The lowest BCUT2D eigenvalue weighted by molar-refractivity contribution is 0.0951. The first-order valence-electron chi connectivity index (χ1n) is 5.03. The number of amides is 1. The summed E-state index contributed by atoms with van der Waals surface area (Å²) in [5, 5.41) is 5.52. The highest BCUT2D eigenvalue weighted by atomic mass is 35.5. The molecule has 0 aliphatic rings. The number of hydrogen-bond donors (Lipinski definition) is 1. The van der Waals surface area contributed by atoms with Crippen LogP contribution in [0.5, 0.6) is 0 Å². The molecule has 6 heteroatoms. The molecule has 18 heavy (non-hydrogen) atoms. The van der Waals surface area contributed by atoms with Crippen LogP contribution in [0, 0.1) is 0 Å². The van der Waals surface area contributed by atoms with Gasteiger partial charge in [0.15, 0.2) is 0 Å². The van der Waals surface area contributed by atoms with E-state index in [9.17, 15) is 4.79 Å². The van der Waals surface area contributed by atoms with Gasteiger partial charge in [-0.1, -0.05) is 40.9 Å². The number of rotatable bonds is 3. The third-order valence-electron chi connectivity index (χ3n) is 2.32. The van der Waals surface area contributed by atoms with Crippen molar-refractivity contribution in [2.75, 3.05) is 0 Å². The van der Waals surface area contributed by atoms with Gasteiger partial charge in [0, 0.05) is 27.5 Å². The maximum absolute atomic E-state index is 11.8. The van der Waals surface area contributed by atoms with Crippen molar-refractivity contribution in [1.82, 2.24) is 5.32 Å². The predicted octanol–water partition coefficient (Wildman–Crippen LogP) is 4.64. The number of carbonyl (C=O) groups is 1. The lowest BCUT2D eigenvalue weighted by Gasteiger charge is -2.07. The summed E-state index contributed by atoms with van der Waals surface area (Å²) in [4.78, 5) is 11.8. The van der Waals surface area contributed by atoms with Gasteiger partial charge in [0.05, 0.1) is 9.90 Å². The lowest BCUT2D eigenvalue weighted by Crippen LogP contribution is -2.22. The molecule has 1 heterocycles. The van der Waals surface area contributed by atoms with E-state index in [1.165, 1.54) is 11.3 Å². The van der Waals surface area contributed by atoms with Crippen LogP contribution in [0.1, 0.15) is 15.9 Å². The normalized spacial score (nSPS) is 10.4. The topological polar surface area (TPSA) is 29.1 Å². The number of nitrogens with one attached hydrogen (secondary N) is 1. The predicted molar refractivity (Wildman–Crippen MR) is 77.0 cm³/mol. The zero-order valence-electron chi connectivity index (χ0n) is 9.04. The van der Waals surface area contributed by atoms with Crippen LogP contribution in [0.15, 0.2) is 29.6 Å². The third kappa shape index (κ3) is 3.18. The average Bonchev–Trinajstić information content (AvgIpc) is 2.75. The highest BCUT2D eigenvalue weighted by molar-refractivity contribution is 7.14. The molecule has 0 saturated heterocycles. The second kappa shape index (κ2) is 5.93. The summed E-state index contributed by atoms with van der Waals surface area (Å²) >= 11 is 19.1. The van der Waals surface area contributed by atoms with Crippen molar-refractivity contribution >= 4 is 52.0 Å². The molecule has 2 nitrogen and oxygen atoms in total. The molecule has 0 bridgehead atoms. The maximum atomic E-state index is 11.8. The molecule has 1 aromatic heterocycles. The van der Waals surface area contributed by atoms with Crippen LogP contribution >= 0.6 is 46.1 Å². The fourth-order valence-electron chi connectivity index (χ4n) is 1.40. The molecule has 0 spiro atoms. The fraction of sp³-hybridized carbons (Fsp3) is 0.0833. The van der Waals surface area contributed by atoms with Crippen LogP contribution in [0.2, 0.25) is 14.4 Å². The van der Waals surface area contributed by atoms with Crippen molar-refractivity contribution < 1.29 is 4.79 Å². The van der Waals surface area contributed by atoms with E-state index in [1.54, 1.807) is 29.6 Å². The Morgan fingerprint density at radius 3 is 2.44 bits per heavy atom. The number of halogens is 3. The van der Waals surface area contributed by atoms with Crippen molar-refractivity contribution in [3.8, 4) is 0 Å². The van der Waals surface area contributed by atoms with Crippen LogP contribution < -0.4 is 5.32 Å². The van der Waals surface area contributed by atoms with E-state index < -0.39 is 0 Å². The van der Waals surface area contributed by atoms with Gasteiger partial charge in [-0.05, 0) is 18.2 Å². The van der Waals surface area contributed by atoms with Gasteiger partial charge in [-0.2, -0.15) is 0 Å². The molecule has 2 rings (SSSR count). The molecule has 0 atom stereocenters. The van der Waals surface area contributed by atoms with Crippen LogP contribution in [-0.4, -0.2) is 5.91 Å². The van der Waals surface area contributed by atoms with Gasteiger partial charge < -0.3 is 5.32 Å². The Morgan fingerprint density at radius 2 is 1.89 bits per heavy atom. The molecule has 0 radical (unpaired) electrons. The van der Waals surface area contributed by atoms with E-state index >= 15 is 0 Å². The minimum absolute atomic E-state index is 0.200. The van der Waals surface area contributed by atoms with Gasteiger partial charge in [0.25, 0.3) is 5.91 Å². The molecule has 94 valence electrons. The molecule has 1 N–H and O–H groups in total. The van der Waals surface area contributed by atoms with Gasteiger partial charge in [-0.3, -0.25) is 4.79 Å². The van der Waals surface area contributed by atoms with E-state index in [0.29, 0.717) is 25.5 Å². The van der Waals surface area contributed by atoms with Crippen molar-refractivity contribution in [2.24, 2.45) is 0 Å². The minimum Gasteiger partial charge on any atom is -0.348 e. The van der Waals surface area contributed by atoms with E-state index in [0.717, 1.165) is 0 Å². The summed E-state index contributed by atoms with van der Waals surface area (Å²) in [7, 11) is 0. The second-order valence-corrected chi connectivity index (χ2v) is 5.88. The van der Waals surface area contributed by atoms with Crippen molar-refractivity contribution in [2.45, 2.75) is 6.54 Å². The van der Waals surface area contributed by atoms with E-state index in [-0.39, 0.29) is 12.5 Å². The minimum atomic E-state index is -0.200. The summed E-state index contributed by atoms with van der Waals surface area (Å²) in [5.41, 5.74) is 1.24. The molecule has 2 aromatic rings. The molecule has 0 aliphatic heterocycles. The zero-order chi connectivity index (χ0) is 13.1. The number of benzene rings is 1. The summed E-state index contributed by atoms with van der Waals surface area (Å²) in [6.45, 7) is 0.283. The van der Waals surface area contributed by atoms with E-state index in [1.807, 2.05) is 0 Å². The van der Waals surface area contributed by atoms with Gasteiger partial charge >= 0.3 is 0 Å². The SMILES string of the molecule is O=C(NCc1c(Cl)cccc1Cl)c1csc(Cl)c1. The Hall–Kier alpha value is -0.740. The Kier molecular flexibility index (Phi) is 4.51. The largest absolute Gasteiger partial charge is 0.348 e. The highest BCUT2D eigenvalue weighted by Crippen LogP contribution is 2.24. The summed E-state index contributed by atoms with van der Waals surface area (Å²) in [6, 6.07) is 6.84. The molecule has 0 saturated carbocycles. The van der Waals surface area contributed by atoms with E-state index in [4.69, 9.17) is 34.8 Å². The first-order valence-corrected chi connectivity index (χ1v) is 7.04. The molecular formula is C12H8Cl3NOS. The third-order valence-corrected chi connectivity index (χ3v) is 4.12. The smallest absolute Gasteiger partial charge is 0.252 e. The first-order chi connectivity index (χ1) is 8.58. The van der Waals surface area contributed by atoms with Crippen LogP contribution in [0.4, 0.5) is 0 Å². The molecule has 0 fully saturated rings. The Bertz CT molecular complexity index is 562. The van der Waals surface area contributed by atoms with Crippen LogP contribution in [0.3, 0.4) is 0 Å². The fourth-order valence-corrected chi connectivity index (χ4v) is 2.79. The van der Waals surface area contributed by atoms with Crippen LogP contribution in [0.25, 0.3) is 0 Å². The first kappa shape index (κ1) is 13.7. The Morgan fingerprint density at radius 1 is 1.22 bits per heavy atom. The summed E-state index contributed by atoms with van der Waals surface area (Å²) in [6.07, 6.45) is 0. The number of carbonyl (C=O) groups excluding carboxylic acids is 1.